The van der Waals surface area contributed by atoms with Crippen molar-refractivity contribution in [2.45, 2.75) is 63.6 Å². The van der Waals surface area contributed by atoms with Crippen molar-refractivity contribution < 1.29 is 14.7 Å². The van der Waals surface area contributed by atoms with E-state index >= 15 is 0 Å². The normalized spacial score (nSPS) is 31.1. The first-order chi connectivity index (χ1) is 15.5. The smallest absolute Gasteiger partial charge is 0.407 e. The standard InChI is InChI=1S/C24H35N5O3/c30-22(26-16-19-4-1-2-9-25-19)29-10-3-5-21(29)18-6-11-27(12-7-18)20-14-24(15-20)8-13-28(17-24)23(31)32/h1-2,4,9,18,20-21H,3,5-8,10-17H2,(H,26,30)(H,31,32)/t20?,21-,24?/m0/s1. The fourth-order valence-corrected chi connectivity index (χ4v) is 6.60. The molecule has 4 heterocycles. The van der Waals surface area contributed by atoms with Crippen LogP contribution in [0.2, 0.25) is 0 Å². The lowest BCUT2D eigenvalue weighted by Crippen LogP contribution is -2.55. The molecule has 0 unspecified atom stereocenters. The highest BCUT2D eigenvalue weighted by atomic mass is 16.4. The van der Waals surface area contributed by atoms with Crippen LogP contribution < -0.4 is 5.32 Å². The van der Waals surface area contributed by atoms with Crippen LogP contribution in [-0.2, 0) is 6.54 Å². The average molecular weight is 442 g/mol. The number of hydrogen-bond donors (Lipinski definition) is 2. The van der Waals surface area contributed by atoms with E-state index in [0.717, 1.165) is 76.8 Å². The first-order valence-corrected chi connectivity index (χ1v) is 12.2. The van der Waals surface area contributed by atoms with Gasteiger partial charge >= 0.3 is 12.1 Å². The molecule has 0 radical (unpaired) electrons. The lowest BCUT2D eigenvalue weighted by molar-refractivity contribution is -0.0138. The van der Waals surface area contributed by atoms with Gasteiger partial charge in [-0.25, -0.2) is 9.59 Å². The van der Waals surface area contributed by atoms with E-state index < -0.39 is 6.09 Å². The van der Waals surface area contributed by atoms with Crippen molar-refractivity contribution in [2.24, 2.45) is 11.3 Å². The molecule has 1 aliphatic carbocycles. The van der Waals surface area contributed by atoms with Gasteiger partial charge in [0, 0.05) is 37.9 Å². The van der Waals surface area contributed by atoms with Gasteiger partial charge in [-0.05, 0) is 81.5 Å². The molecule has 174 valence electrons. The molecular weight excluding hydrogens is 406 g/mol. The van der Waals surface area contributed by atoms with Crippen molar-refractivity contribution in [3.8, 4) is 0 Å². The molecule has 3 aliphatic heterocycles. The van der Waals surface area contributed by atoms with Crippen LogP contribution >= 0.6 is 0 Å². The first-order valence-electron chi connectivity index (χ1n) is 12.2. The maximum absolute atomic E-state index is 12.8. The van der Waals surface area contributed by atoms with Crippen LogP contribution in [0.15, 0.2) is 24.4 Å². The monoisotopic (exact) mass is 441 g/mol. The van der Waals surface area contributed by atoms with Gasteiger partial charge in [0.2, 0.25) is 0 Å². The van der Waals surface area contributed by atoms with E-state index in [1.807, 2.05) is 18.2 Å². The van der Waals surface area contributed by atoms with Crippen molar-refractivity contribution in [3.63, 3.8) is 0 Å². The third kappa shape index (κ3) is 4.29. The SMILES string of the molecule is O=C(O)N1CCC2(CC(N3CCC([C@@H]4CCCN4C(=O)NCc4ccccn4)CC3)C2)C1. The molecule has 1 aromatic heterocycles. The highest BCUT2D eigenvalue weighted by Crippen LogP contribution is 2.50. The average Bonchev–Trinajstić information content (AvgIpc) is 3.45. The van der Waals surface area contributed by atoms with Gasteiger partial charge in [0.05, 0.1) is 12.2 Å². The van der Waals surface area contributed by atoms with Crippen LogP contribution in [0.4, 0.5) is 9.59 Å². The zero-order chi connectivity index (χ0) is 22.1. The summed E-state index contributed by atoms with van der Waals surface area (Å²) in [6.07, 6.45) is 8.81. The largest absolute Gasteiger partial charge is 0.465 e. The van der Waals surface area contributed by atoms with Crippen molar-refractivity contribution >= 4 is 12.1 Å². The number of nitrogens with one attached hydrogen (secondary N) is 1. The highest BCUT2D eigenvalue weighted by Gasteiger charge is 2.51. The molecule has 1 aromatic rings. The Kier molecular flexibility index (Phi) is 5.97. The van der Waals surface area contributed by atoms with Gasteiger partial charge in [0.15, 0.2) is 0 Å². The number of aromatic nitrogens is 1. The summed E-state index contributed by atoms with van der Waals surface area (Å²) in [6, 6.07) is 6.78. The van der Waals surface area contributed by atoms with Gasteiger partial charge in [-0.2, -0.15) is 0 Å². The van der Waals surface area contributed by atoms with Gasteiger partial charge < -0.3 is 25.1 Å². The fourth-order valence-electron chi connectivity index (χ4n) is 6.60. The molecule has 0 aromatic carbocycles. The zero-order valence-electron chi connectivity index (χ0n) is 18.8. The number of piperidine rings is 1. The van der Waals surface area contributed by atoms with Crippen molar-refractivity contribution in [3.05, 3.63) is 30.1 Å². The molecule has 1 saturated carbocycles. The number of carbonyl (C=O) groups is 2. The number of pyridine rings is 1. The topological polar surface area (TPSA) is 89.0 Å². The van der Waals surface area contributed by atoms with Gasteiger partial charge in [-0.3, -0.25) is 4.98 Å². The number of urea groups is 1. The maximum Gasteiger partial charge on any atom is 0.407 e. The third-order valence-corrected chi connectivity index (χ3v) is 8.39. The number of nitrogens with zero attached hydrogens (tertiary/aromatic N) is 4. The Hall–Kier alpha value is -2.35. The molecule has 4 aliphatic rings. The number of carbonyl (C=O) groups excluding carboxylic acids is 1. The number of carboxylic acid groups (broad SMARTS) is 1. The first kappa shape index (κ1) is 21.5. The minimum atomic E-state index is -0.767. The summed E-state index contributed by atoms with van der Waals surface area (Å²) in [5.74, 6) is 0.581. The Morgan fingerprint density at radius 1 is 1.12 bits per heavy atom. The number of likely N-dealkylation sites (tertiary alicyclic amines) is 3. The minimum absolute atomic E-state index is 0.0470. The van der Waals surface area contributed by atoms with Gasteiger partial charge in [0.1, 0.15) is 0 Å². The van der Waals surface area contributed by atoms with E-state index in [0.29, 0.717) is 31.1 Å². The Bertz CT molecular complexity index is 820. The predicted molar refractivity (Wildman–Crippen MR) is 120 cm³/mol. The molecular formula is C24H35N5O3. The second-order valence-corrected chi connectivity index (χ2v) is 10.3. The van der Waals surface area contributed by atoms with E-state index in [-0.39, 0.29) is 11.4 Å². The Labute approximate surface area is 190 Å². The molecule has 4 fully saturated rings. The van der Waals surface area contributed by atoms with E-state index in [2.05, 4.69) is 20.1 Å². The summed E-state index contributed by atoms with van der Waals surface area (Å²) in [4.78, 5) is 34.7. The highest BCUT2D eigenvalue weighted by molar-refractivity contribution is 5.74. The van der Waals surface area contributed by atoms with Crippen LogP contribution in [0.5, 0.6) is 0 Å². The van der Waals surface area contributed by atoms with E-state index in [1.54, 1.807) is 11.1 Å². The predicted octanol–water partition coefficient (Wildman–Crippen LogP) is 3.00. The molecule has 1 spiro atoms. The molecule has 8 nitrogen and oxygen atoms in total. The Balaban J connectivity index is 1.08. The van der Waals surface area contributed by atoms with Gasteiger partial charge in [-0.1, -0.05) is 6.07 Å². The molecule has 2 N–H and O–H groups in total. The van der Waals surface area contributed by atoms with Crippen molar-refractivity contribution in [1.82, 2.24) is 25.0 Å². The molecule has 32 heavy (non-hydrogen) atoms. The van der Waals surface area contributed by atoms with E-state index in [9.17, 15) is 14.7 Å². The molecule has 8 heteroatoms. The van der Waals surface area contributed by atoms with Crippen LogP contribution in [0, 0.1) is 11.3 Å². The number of hydrogen-bond acceptors (Lipinski definition) is 4. The Morgan fingerprint density at radius 2 is 1.94 bits per heavy atom. The molecule has 5 rings (SSSR count). The summed E-state index contributed by atoms with van der Waals surface area (Å²) in [7, 11) is 0. The molecule has 3 saturated heterocycles. The van der Waals surface area contributed by atoms with Crippen LogP contribution in [0.1, 0.15) is 50.6 Å². The maximum atomic E-state index is 12.8. The summed E-state index contributed by atoms with van der Waals surface area (Å²) in [5.41, 5.74) is 1.13. The van der Waals surface area contributed by atoms with E-state index in [1.165, 1.54) is 0 Å². The number of rotatable bonds is 4. The summed E-state index contributed by atoms with van der Waals surface area (Å²) >= 11 is 0. The lowest BCUT2D eigenvalue weighted by Gasteiger charge is -2.52. The Morgan fingerprint density at radius 3 is 2.62 bits per heavy atom. The fraction of sp³-hybridized carbons (Fsp3) is 0.708. The molecule has 0 bridgehead atoms. The lowest BCUT2D eigenvalue weighted by atomic mass is 9.64. The molecule has 1 atom stereocenters. The van der Waals surface area contributed by atoms with E-state index in [4.69, 9.17) is 0 Å². The zero-order valence-corrected chi connectivity index (χ0v) is 18.8. The van der Waals surface area contributed by atoms with Crippen LogP contribution in [0.3, 0.4) is 0 Å². The van der Waals surface area contributed by atoms with Gasteiger partial charge in [0.25, 0.3) is 0 Å². The van der Waals surface area contributed by atoms with Crippen molar-refractivity contribution in [2.75, 3.05) is 32.7 Å². The quantitative estimate of drug-likeness (QED) is 0.750. The third-order valence-electron chi connectivity index (χ3n) is 8.39. The second-order valence-electron chi connectivity index (χ2n) is 10.3. The van der Waals surface area contributed by atoms with Crippen LogP contribution in [0.25, 0.3) is 0 Å². The second kappa shape index (κ2) is 8.89. The van der Waals surface area contributed by atoms with Crippen molar-refractivity contribution in [1.29, 1.82) is 0 Å². The molecule has 3 amide bonds. The van der Waals surface area contributed by atoms with Gasteiger partial charge in [-0.15, -0.1) is 0 Å². The minimum Gasteiger partial charge on any atom is -0.465 e. The number of amides is 3. The summed E-state index contributed by atoms with van der Waals surface area (Å²) in [5, 5.41) is 12.3. The summed E-state index contributed by atoms with van der Waals surface area (Å²) in [6.45, 7) is 4.96. The summed E-state index contributed by atoms with van der Waals surface area (Å²) < 4.78 is 0. The van der Waals surface area contributed by atoms with Crippen LogP contribution in [-0.4, -0.2) is 81.7 Å².